The molecule has 0 saturated carbocycles. The third kappa shape index (κ3) is 3.69. The molecule has 39 heavy (non-hydrogen) atoms. The Morgan fingerprint density at radius 1 is 0.821 bits per heavy atom. The third-order valence-corrected chi connectivity index (χ3v) is 7.90. The van der Waals surface area contributed by atoms with Crippen molar-refractivity contribution in [2.75, 3.05) is 6.54 Å². The maximum absolute atomic E-state index is 13.4. The van der Waals surface area contributed by atoms with Gasteiger partial charge in [0.05, 0.1) is 28.7 Å². The number of hydrogen-bond donors (Lipinski definition) is 1. The third-order valence-electron chi connectivity index (χ3n) is 7.90. The summed E-state index contributed by atoms with van der Waals surface area (Å²) in [4.78, 5) is 41.3. The molecule has 3 aliphatic rings. The molecular weight excluding hydrogens is 492 g/mol. The van der Waals surface area contributed by atoms with Crippen LogP contribution in [-0.4, -0.2) is 44.1 Å². The van der Waals surface area contributed by atoms with Gasteiger partial charge in [0.15, 0.2) is 0 Å². The molecule has 0 radical (unpaired) electrons. The second kappa shape index (κ2) is 8.33. The van der Waals surface area contributed by atoms with E-state index in [1.165, 1.54) is 5.56 Å². The molecule has 0 atom stereocenters. The first-order valence-electron chi connectivity index (χ1n) is 13.5. The number of imide groups is 1. The Balaban J connectivity index is 1.39. The number of aromatic nitrogens is 2. The molecule has 7 rings (SSSR count). The Kier molecular flexibility index (Phi) is 5.08. The van der Waals surface area contributed by atoms with E-state index in [9.17, 15) is 14.4 Å². The van der Waals surface area contributed by atoms with Crippen LogP contribution in [0.2, 0.25) is 0 Å². The minimum absolute atomic E-state index is 0.343. The molecular formula is C31H30N4O4. The van der Waals surface area contributed by atoms with Crippen LogP contribution < -0.4 is 5.32 Å². The lowest BCUT2D eigenvalue weighted by atomic mass is 9.94. The zero-order valence-corrected chi connectivity index (χ0v) is 22.3. The first-order valence-corrected chi connectivity index (χ1v) is 13.5. The lowest BCUT2D eigenvalue weighted by Crippen LogP contribution is -2.37. The van der Waals surface area contributed by atoms with Gasteiger partial charge in [0, 0.05) is 53.9 Å². The van der Waals surface area contributed by atoms with Crippen molar-refractivity contribution in [2.45, 2.75) is 58.8 Å². The van der Waals surface area contributed by atoms with Crippen LogP contribution in [0, 0.1) is 0 Å². The zero-order valence-electron chi connectivity index (χ0n) is 22.3. The van der Waals surface area contributed by atoms with Gasteiger partial charge in [0.25, 0.3) is 11.8 Å². The van der Waals surface area contributed by atoms with Crippen LogP contribution in [0.25, 0.3) is 33.0 Å². The van der Waals surface area contributed by atoms with E-state index in [1.54, 1.807) is 4.90 Å². The minimum Gasteiger partial charge on any atom is -0.444 e. The van der Waals surface area contributed by atoms with Crippen LogP contribution in [0.5, 0.6) is 0 Å². The van der Waals surface area contributed by atoms with Crippen LogP contribution in [0.15, 0.2) is 48.8 Å². The predicted octanol–water partition coefficient (Wildman–Crippen LogP) is 4.86. The molecule has 3 amide bonds. The quantitative estimate of drug-likeness (QED) is 0.381. The highest BCUT2D eigenvalue weighted by atomic mass is 16.6. The molecule has 2 aromatic heterocycles. The summed E-state index contributed by atoms with van der Waals surface area (Å²) in [6.07, 6.45) is 5.71. The fourth-order valence-electron chi connectivity index (χ4n) is 6.36. The number of carbonyl (C=O) groups excluding carboxylic acids is 3. The summed E-state index contributed by atoms with van der Waals surface area (Å²) in [5.41, 5.74) is 6.17. The van der Waals surface area contributed by atoms with Crippen LogP contribution in [0.4, 0.5) is 4.79 Å². The lowest BCUT2D eigenvalue weighted by molar-refractivity contribution is -0.122. The Bertz CT molecular complexity index is 1760. The van der Waals surface area contributed by atoms with Crippen molar-refractivity contribution in [3.63, 3.8) is 0 Å². The number of rotatable bonds is 2. The van der Waals surface area contributed by atoms with Crippen molar-refractivity contribution in [2.24, 2.45) is 0 Å². The van der Waals surface area contributed by atoms with E-state index >= 15 is 0 Å². The molecule has 0 saturated heterocycles. The molecule has 0 aliphatic carbocycles. The summed E-state index contributed by atoms with van der Waals surface area (Å²) < 4.78 is 9.95. The number of amides is 3. The van der Waals surface area contributed by atoms with Crippen LogP contribution >= 0.6 is 0 Å². The zero-order chi connectivity index (χ0) is 27.1. The van der Waals surface area contributed by atoms with E-state index in [-0.39, 0.29) is 17.9 Å². The molecule has 3 aliphatic heterocycles. The number of hydrogen-bond acceptors (Lipinski definition) is 4. The van der Waals surface area contributed by atoms with E-state index in [0.717, 1.165) is 57.9 Å². The first-order chi connectivity index (χ1) is 18.7. The molecule has 5 heterocycles. The van der Waals surface area contributed by atoms with Gasteiger partial charge in [-0.25, -0.2) is 4.79 Å². The molecule has 8 nitrogen and oxygen atoms in total. The number of benzene rings is 2. The van der Waals surface area contributed by atoms with E-state index < -0.39 is 5.60 Å². The highest BCUT2D eigenvalue weighted by Crippen LogP contribution is 2.41. The fourth-order valence-corrected chi connectivity index (χ4v) is 6.36. The Hall–Kier alpha value is -4.33. The van der Waals surface area contributed by atoms with Gasteiger partial charge in [0.2, 0.25) is 0 Å². The van der Waals surface area contributed by atoms with Gasteiger partial charge in [-0.15, -0.1) is 0 Å². The standard InChI is InChI=1S/C31H30N4O4/c1-31(2,3)39-30(38)35-14-13-34-17-23(21-11-5-8-19(15-35)27(21)34)25-24(28(36)32-29(25)37)22-16-33-12-6-9-18-7-4-10-20(22)26(18)33/h4-5,7-8,10-11,16-17H,6,9,12-15H2,1-3H3,(H,32,36,37). The van der Waals surface area contributed by atoms with E-state index in [0.29, 0.717) is 30.8 Å². The molecule has 2 aromatic carbocycles. The predicted molar refractivity (Wildman–Crippen MR) is 149 cm³/mol. The van der Waals surface area contributed by atoms with Crippen molar-refractivity contribution in [1.82, 2.24) is 19.4 Å². The van der Waals surface area contributed by atoms with E-state index in [4.69, 9.17) is 4.74 Å². The Labute approximate surface area is 225 Å². The number of aryl methyl sites for hydroxylation is 2. The molecule has 0 spiro atoms. The van der Waals surface area contributed by atoms with Crippen LogP contribution in [-0.2, 0) is 40.4 Å². The van der Waals surface area contributed by atoms with Crippen LogP contribution in [0.3, 0.4) is 0 Å². The maximum atomic E-state index is 13.4. The Morgan fingerprint density at radius 2 is 1.41 bits per heavy atom. The molecule has 198 valence electrons. The number of ether oxygens (including phenoxy) is 1. The summed E-state index contributed by atoms with van der Waals surface area (Å²) in [5, 5.41) is 4.47. The van der Waals surface area contributed by atoms with Gasteiger partial charge in [-0.1, -0.05) is 36.4 Å². The van der Waals surface area contributed by atoms with Crippen molar-refractivity contribution < 1.29 is 19.1 Å². The second-order valence-corrected chi connectivity index (χ2v) is 11.6. The van der Waals surface area contributed by atoms with E-state index in [1.807, 2.05) is 63.5 Å². The highest BCUT2D eigenvalue weighted by molar-refractivity contribution is 6.50. The second-order valence-electron chi connectivity index (χ2n) is 11.6. The Morgan fingerprint density at radius 3 is 2.05 bits per heavy atom. The normalized spacial score (nSPS) is 17.3. The largest absolute Gasteiger partial charge is 0.444 e. The summed E-state index contributed by atoms with van der Waals surface area (Å²) in [5.74, 6) is -0.738. The SMILES string of the molecule is CC(C)(C)OC(=O)N1CCn2cc(C3=C(c4cn5c6c(cccc46)CCC5)C(=O)NC3=O)c3cccc(c32)C1. The van der Waals surface area contributed by atoms with Gasteiger partial charge in [-0.2, -0.15) is 0 Å². The average molecular weight is 523 g/mol. The number of nitrogens with one attached hydrogen (secondary N) is 1. The molecule has 0 fully saturated rings. The summed E-state index contributed by atoms with van der Waals surface area (Å²) >= 11 is 0. The van der Waals surface area contributed by atoms with Crippen molar-refractivity contribution in [3.8, 4) is 0 Å². The van der Waals surface area contributed by atoms with Gasteiger partial charge >= 0.3 is 6.09 Å². The lowest BCUT2D eigenvalue weighted by Gasteiger charge is -2.26. The smallest absolute Gasteiger partial charge is 0.410 e. The average Bonchev–Trinajstić information content (AvgIpc) is 3.47. The van der Waals surface area contributed by atoms with Crippen molar-refractivity contribution in [3.05, 3.63) is 71.0 Å². The first kappa shape index (κ1) is 23.8. The molecule has 1 N–H and O–H groups in total. The maximum Gasteiger partial charge on any atom is 0.410 e. The van der Waals surface area contributed by atoms with Gasteiger partial charge in [0.1, 0.15) is 5.60 Å². The molecule has 0 bridgehead atoms. The number of nitrogens with zero attached hydrogens (tertiary/aromatic N) is 3. The molecule has 8 heteroatoms. The van der Waals surface area contributed by atoms with E-state index in [2.05, 4.69) is 20.5 Å². The number of para-hydroxylation sites is 2. The van der Waals surface area contributed by atoms with Crippen molar-refractivity contribution in [1.29, 1.82) is 0 Å². The highest BCUT2D eigenvalue weighted by Gasteiger charge is 2.36. The molecule has 0 unspecified atom stereocenters. The fraction of sp³-hybridized carbons (Fsp3) is 0.323. The molecule has 4 aromatic rings. The van der Waals surface area contributed by atoms with Gasteiger partial charge in [-0.05, 0) is 44.7 Å². The summed E-state index contributed by atoms with van der Waals surface area (Å²) in [6.45, 7) is 7.91. The summed E-state index contributed by atoms with van der Waals surface area (Å²) in [7, 11) is 0. The van der Waals surface area contributed by atoms with Gasteiger partial charge < -0.3 is 18.8 Å². The van der Waals surface area contributed by atoms with Crippen LogP contribution in [0.1, 0.15) is 49.4 Å². The van der Waals surface area contributed by atoms with Crippen molar-refractivity contribution >= 4 is 50.9 Å². The summed E-state index contributed by atoms with van der Waals surface area (Å²) in [6, 6.07) is 12.2. The topological polar surface area (TPSA) is 85.6 Å². The monoisotopic (exact) mass is 522 g/mol. The minimum atomic E-state index is -0.577. The number of carbonyl (C=O) groups is 3. The van der Waals surface area contributed by atoms with Gasteiger partial charge in [-0.3, -0.25) is 14.9 Å².